The van der Waals surface area contributed by atoms with Crippen LogP contribution >= 0.6 is 11.3 Å². The Morgan fingerprint density at radius 2 is 2.00 bits per heavy atom. The van der Waals surface area contributed by atoms with Gasteiger partial charge in [0.25, 0.3) is 0 Å². The van der Waals surface area contributed by atoms with Crippen molar-refractivity contribution in [3.63, 3.8) is 0 Å². The van der Waals surface area contributed by atoms with E-state index in [4.69, 9.17) is 0 Å². The van der Waals surface area contributed by atoms with Gasteiger partial charge in [-0.05, 0) is 23.6 Å². The zero-order chi connectivity index (χ0) is 10.1. The van der Waals surface area contributed by atoms with Crippen LogP contribution in [0.4, 0.5) is 0 Å². The Morgan fingerprint density at radius 3 is 2.80 bits per heavy atom. The first kappa shape index (κ1) is 9.13. The minimum Gasteiger partial charge on any atom is -0.312 e. The molecule has 2 heterocycles. The molecule has 0 aliphatic carbocycles. The number of rotatable bonds is 1. The first-order valence-corrected chi connectivity index (χ1v) is 6.13. The summed E-state index contributed by atoms with van der Waals surface area (Å²) >= 11 is 1.95. The van der Waals surface area contributed by atoms with Crippen molar-refractivity contribution in [2.24, 2.45) is 0 Å². The van der Waals surface area contributed by atoms with Crippen LogP contribution in [0.25, 0.3) is 10.4 Å². The van der Waals surface area contributed by atoms with E-state index >= 15 is 0 Å². The maximum Gasteiger partial charge on any atom is 0.0348 e. The minimum atomic E-state index is 1.04. The lowest BCUT2D eigenvalue weighted by Gasteiger charge is -2.10. The van der Waals surface area contributed by atoms with E-state index in [1.807, 2.05) is 11.3 Å². The van der Waals surface area contributed by atoms with Gasteiger partial charge in [-0.15, -0.1) is 11.3 Å². The number of hydrogen-bond acceptors (Lipinski definition) is 2. The van der Waals surface area contributed by atoms with Gasteiger partial charge in [-0.2, -0.15) is 0 Å². The Bertz CT molecular complexity index is 435. The van der Waals surface area contributed by atoms with Crippen molar-refractivity contribution in [2.45, 2.75) is 13.0 Å². The molecule has 2 aromatic rings. The molecule has 1 nitrogen and oxygen atoms in total. The van der Waals surface area contributed by atoms with Gasteiger partial charge in [0.15, 0.2) is 0 Å². The fraction of sp³-hybridized carbons (Fsp3) is 0.231. The number of nitrogens with one attached hydrogen (secondary N) is 1. The maximum absolute atomic E-state index is 3.41. The molecule has 0 saturated heterocycles. The second-order valence-electron chi connectivity index (χ2n) is 3.85. The van der Waals surface area contributed by atoms with Crippen molar-refractivity contribution in [1.29, 1.82) is 0 Å². The molecule has 0 fully saturated rings. The van der Waals surface area contributed by atoms with E-state index in [9.17, 15) is 0 Å². The van der Waals surface area contributed by atoms with Crippen LogP contribution in [0.5, 0.6) is 0 Å². The number of benzene rings is 1. The van der Waals surface area contributed by atoms with E-state index < -0.39 is 0 Å². The van der Waals surface area contributed by atoms with Crippen LogP contribution in [-0.4, -0.2) is 6.54 Å². The van der Waals surface area contributed by atoms with Crippen molar-refractivity contribution >= 4 is 11.3 Å². The van der Waals surface area contributed by atoms with Gasteiger partial charge in [0, 0.05) is 22.8 Å². The smallest absolute Gasteiger partial charge is 0.0348 e. The average Bonchev–Trinajstić information content (AvgIpc) is 2.74. The van der Waals surface area contributed by atoms with Crippen LogP contribution in [0.2, 0.25) is 0 Å². The molecule has 0 radical (unpaired) electrons. The highest BCUT2D eigenvalue weighted by atomic mass is 32.1. The van der Waals surface area contributed by atoms with E-state index in [0.717, 1.165) is 13.1 Å². The largest absolute Gasteiger partial charge is 0.312 e. The van der Waals surface area contributed by atoms with Gasteiger partial charge in [0.1, 0.15) is 0 Å². The Kier molecular flexibility index (Phi) is 2.31. The quantitative estimate of drug-likeness (QED) is 0.771. The van der Waals surface area contributed by atoms with E-state index in [1.54, 1.807) is 4.88 Å². The fourth-order valence-electron chi connectivity index (χ4n) is 2.00. The Hall–Kier alpha value is -1.12. The predicted molar refractivity (Wildman–Crippen MR) is 65.2 cm³/mol. The second kappa shape index (κ2) is 3.80. The first-order chi connectivity index (χ1) is 7.43. The molecule has 2 heteroatoms. The fourth-order valence-corrected chi connectivity index (χ4v) is 3.18. The molecule has 1 aromatic heterocycles. The van der Waals surface area contributed by atoms with Crippen molar-refractivity contribution in [3.8, 4) is 10.4 Å². The van der Waals surface area contributed by atoms with Crippen LogP contribution in [0.3, 0.4) is 0 Å². The van der Waals surface area contributed by atoms with Crippen molar-refractivity contribution in [3.05, 3.63) is 46.8 Å². The molecule has 0 saturated carbocycles. The lowest BCUT2D eigenvalue weighted by Crippen LogP contribution is -2.21. The second-order valence-corrected chi connectivity index (χ2v) is 4.99. The SMILES string of the molecule is c1ccc(-c2cc3c(s2)CCNC3)cc1. The summed E-state index contributed by atoms with van der Waals surface area (Å²) in [5, 5.41) is 3.41. The molecule has 0 atom stereocenters. The van der Waals surface area contributed by atoms with Crippen LogP contribution in [-0.2, 0) is 13.0 Å². The van der Waals surface area contributed by atoms with Crippen molar-refractivity contribution in [2.75, 3.05) is 6.54 Å². The lowest BCUT2D eigenvalue weighted by molar-refractivity contribution is 0.653. The van der Waals surface area contributed by atoms with E-state index in [0.29, 0.717) is 0 Å². The van der Waals surface area contributed by atoms with Gasteiger partial charge < -0.3 is 5.32 Å². The van der Waals surface area contributed by atoms with Crippen molar-refractivity contribution in [1.82, 2.24) is 5.32 Å². The summed E-state index contributed by atoms with van der Waals surface area (Å²) in [6.07, 6.45) is 1.19. The Morgan fingerprint density at radius 1 is 1.13 bits per heavy atom. The molecule has 1 aliphatic heterocycles. The van der Waals surface area contributed by atoms with Crippen LogP contribution < -0.4 is 5.32 Å². The van der Waals surface area contributed by atoms with E-state index in [1.165, 1.54) is 22.4 Å². The molecule has 1 aromatic carbocycles. The molecular formula is C13H13NS. The van der Waals surface area contributed by atoms with Crippen LogP contribution in [0.15, 0.2) is 36.4 Å². The van der Waals surface area contributed by atoms with Gasteiger partial charge in [-0.3, -0.25) is 0 Å². The first-order valence-electron chi connectivity index (χ1n) is 5.31. The maximum atomic E-state index is 3.41. The third kappa shape index (κ3) is 1.71. The molecule has 1 N–H and O–H groups in total. The van der Waals surface area contributed by atoms with Gasteiger partial charge in [-0.25, -0.2) is 0 Å². The molecule has 76 valence electrons. The molecule has 3 rings (SSSR count). The number of hydrogen-bond donors (Lipinski definition) is 1. The number of fused-ring (bicyclic) bond motifs is 1. The number of thiophene rings is 1. The summed E-state index contributed by atoms with van der Waals surface area (Å²) in [4.78, 5) is 2.97. The summed E-state index contributed by atoms with van der Waals surface area (Å²) in [6.45, 7) is 2.17. The predicted octanol–water partition coefficient (Wildman–Crippen LogP) is 3.06. The summed E-state index contributed by atoms with van der Waals surface area (Å²) < 4.78 is 0. The third-order valence-corrected chi connectivity index (χ3v) is 4.09. The van der Waals surface area contributed by atoms with Gasteiger partial charge in [0.2, 0.25) is 0 Å². The van der Waals surface area contributed by atoms with Gasteiger partial charge in [-0.1, -0.05) is 30.3 Å². The lowest BCUT2D eigenvalue weighted by atomic mass is 10.1. The molecular weight excluding hydrogens is 202 g/mol. The molecule has 0 amide bonds. The minimum absolute atomic E-state index is 1.04. The Balaban J connectivity index is 2.03. The highest BCUT2D eigenvalue weighted by Gasteiger charge is 2.13. The van der Waals surface area contributed by atoms with Gasteiger partial charge in [0.05, 0.1) is 0 Å². The summed E-state index contributed by atoms with van der Waals surface area (Å²) in [6, 6.07) is 13.0. The Labute approximate surface area is 93.8 Å². The summed E-state index contributed by atoms with van der Waals surface area (Å²) in [5.41, 5.74) is 2.84. The molecule has 0 spiro atoms. The van der Waals surface area contributed by atoms with Crippen LogP contribution in [0.1, 0.15) is 10.4 Å². The standard InChI is InChI=1S/C13H13NS/c1-2-4-10(5-3-1)13-8-11-9-14-7-6-12(11)15-13/h1-5,8,14H,6-7,9H2. The topological polar surface area (TPSA) is 12.0 Å². The summed E-state index contributed by atoms with van der Waals surface area (Å²) in [7, 11) is 0. The highest BCUT2D eigenvalue weighted by molar-refractivity contribution is 7.15. The molecule has 0 unspecified atom stereocenters. The zero-order valence-electron chi connectivity index (χ0n) is 8.49. The molecule has 15 heavy (non-hydrogen) atoms. The van der Waals surface area contributed by atoms with Crippen molar-refractivity contribution < 1.29 is 0 Å². The normalized spacial score (nSPS) is 14.9. The molecule has 0 bridgehead atoms. The monoisotopic (exact) mass is 215 g/mol. The molecule has 1 aliphatic rings. The zero-order valence-corrected chi connectivity index (χ0v) is 9.31. The van der Waals surface area contributed by atoms with E-state index in [2.05, 4.69) is 41.7 Å². The summed E-state index contributed by atoms with van der Waals surface area (Å²) in [5.74, 6) is 0. The third-order valence-electron chi connectivity index (χ3n) is 2.80. The van der Waals surface area contributed by atoms with Gasteiger partial charge >= 0.3 is 0 Å². The average molecular weight is 215 g/mol. The van der Waals surface area contributed by atoms with E-state index in [-0.39, 0.29) is 0 Å². The van der Waals surface area contributed by atoms with Crippen LogP contribution in [0, 0.1) is 0 Å². The highest BCUT2D eigenvalue weighted by Crippen LogP contribution is 2.32.